The van der Waals surface area contributed by atoms with Crippen LogP contribution in [-0.4, -0.2) is 109 Å². The van der Waals surface area contributed by atoms with Crippen LogP contribution in [0.3, 0.4) is 0 Å². The third kappa shape index (κ3) is 41.5. The number of aromatic amines is 2. The molecule has 26 heteroatoms. The average molecular weight is 2060 g/mol. The number of methoxy groups -OCH3 is 2. The van der Waals surface area contributed by atoms with Gasteiger partial charge in [0.25, 0.3) is 11.1 Å². The summed E-state index contributed by atoms with van der Waals surface area (Å²) >= 11 is 0. The Bertz CT molecular complexity index is 5190. The number of benzene rings is 5. The summed E-state index contributed by atoms with van der Waals surface area (Å²) in [7, 11) is -1.88. The van der Waals surface area contributed by atoms with E-state index in [0.717, 1.165) is 103 Å². The number of hydrogen-bond acceptors (Lipinski definition) is 20. The zero-order valence-electron chi connectivity index (χ0n) is 92.7. The number of amides is 1. The van der Waals surface area contributed by atoms with Crippen molar-refractivity contribution < 1.29 is 70.4 Å². The van der Waals surface area contributed by atoms with Crippen LogP contribution in [0.25, 0.3) is 0 Å². The SMILES string of the molecule is COc1ccc(C(OC[C@H]2O[C@@H](n3cc(C)c(=O)[nH]c3=O)C[C@@H]2OP(=O)(OCCC#N)OC[C@H]2O[C@@H](n3cc(C)c(=O)[nH]c3=O)C[C@@H]2OC(=O)CCC(=O)NC(c2ccccc2)c2cc(OCCC(C)CCCC(C)CCCC(C)CCCC(C)C)c(OCCC(C)CCCC(C)CCCC(C)CCCC(C)C)c(OCCC(C)CCCC(C)CCCC(C)CCCC(C)C)c2)(c2ccccc2)c2ccc(OC)cc2)cc1. The molecule has 5 aromatic carbocycles. The lowest BCUT2D eigenvalue weighted by molar-refractivity contribution is -0.154. The van der Waals surface area contributed by atoms with Crippen molar-refractivity contribution in [3.63, 3.8) is 0 Å². The number of phosphoric acid groups is 1. The highest BCUT2D eigenvalue weighted by Gasteiger charge is 2.49. The Balaban J connectivity index is 0.975. The number of rotatable bonds is 73. The van der Waals surface area contributed by atoms with Crippen molar-refractivity contribution in [3.8, 4) is 34.8 Å². The number of hydrogen-bond donors (Lipinski definition) is 3. The van der Waals surface area contributed by atoms with E-state index in [-0.39, 0.29) is 43.4 Å². The van der Waals surface area contributed by atoms with Crippen LogP contribution in [0.5, 0.6) is 28.7 Å². The molecular formula is C121H183N6O19P. The Kier molecular flexibility index (Phi) is 52.8. The number of aryl methyl sites for hydroxylation is 2. The van der Waals surface area contributed by atoms with E-state index in [0.29, 0.717) is 106 Å². The van der Waals surface area contributed by atoms with Crippen LogP contribution in [-0.2, 0) is 52.3 Å². The fourth-order valence-electron chi connectivity index (χ4n) is 20.5. The third-order valence-corrected chi connectivity index (χ3v) is 31.6. The number of H-pyrrole nitrogens is 2. The van der Waals surface area contributed by atoms with Gasteiger partial charge in [-0.3, -0.25) is 51.9 Å². The number of phosphoric ester groups is 1. The van der Waals surface area contributed by atoms with Gasteiger partial charge in [0, 0.05) is 42.8 Å². The highest BCUT2D eigenvalue weighted by Crippen LogP contribution is 2.55. The molecule has 25 nitrogen and oxygen atoms in total. The van der Waals surface area contributed by atoms with E-state index < -0.39 is 110 Å². The van der Waals surface area contributed by atoms with E-state index in [9.17, 15) is 29.2 Å². The first kappa shape index (κ1) is 121. The molecule has 9 rings (SSSR count). The average Bonchev–Trinajstić information content (AvgIpc) is 0.776. The number of nitriles is 1. The minimum absolute atomic E-state index is 0.170. The molecule has 4 heterocycles. The first-order valence-electron chi connectivity index (χ1n) is 56.0. The molecule has 7 aromatic rings. The van der Waals surface area contributed by atoms with Crippen molar-refractivity contribution >= 4 is 19.7 Å². The van der Waals surface area contributed by atoms with Gasteiger partial charge in [0.2, 0.25) is 11.7 Å². The molecule has 2 aliphatic rings. The quantitative estimate of drug-likeness (QED) is 0.0138. The smallest absolute Gasteiger partial charge is 0.475 e. The number of nitrogens with zero attached hydrogens (tertiary/aromatic N) is 3. The molecular weight excluding hydrogens is 1870 g/mol. The Morgan fingerprint density at radius 1 is 0.442 bits per heavy atom. The zero-order valence-corrected chi connectivity index (χ0v) is 93.6. The molecule has 0 spiro atoms. The normalized spacial score (nSPS) is 18.4. The van der Waals surface area contributed by atoms with E-state index in [1.54, 1.807) is 14.2 Å². The third-order valence-electron chi connectivity index (χ3n) is 30.1. The second-order valence-corrected chi connectivity index (χ2v) is 46.5. The fourth-order valence-corrected chi connectivity index (χ4v) is 21.9. The first-order chi connectivity index (χ1) is 70.5. The second kappa shape index (κ2) is 63.9. The van der Waals surface area contributed by atoms with Crippen LogP contribution in [0.4, 0.5) is 0 Å². The van der Waals surface area contributed by atoms with E-state index in [2.05, 4.69) is 119 Å². The van der Waals surface area contributed by atoms with Crippen molar-refractivity contribution in [3.05, 3.63) is 214 Å². The van der Waals surface area contributed by atoms with Crippen LogP contribution < -0.4 is 51.5 Å². The lowest BCUT2D eigenvalue weighted by Crippen LogP contribution is -2.38. The highest BCUT2D eigenvalue weighted by molar-refractivity contribution is 7.48. The zero-order chi connectivity index (χ0) is 106. The Hall–Kier alpha value is -9.12. The van der Waals surface area contributed by atoms with Gasteiger partial charge >= 0.3 is 25.2 Å². The summed E-state index contributed by atoms with van der Waals surface area (Å²) in [5.74, 6) is 9.17. The molecule has 2 fully saturated rings. The van der Waals surface area contributed by atoms with Crippen molar-refractivity contribution in [2.75, 3.05) is 53.9 Å². The van der Waals surface area contributed by atoms with Gasteiger partial charge in [0.15, 0.2) is 11.5 Å². The summed E-state index contributed by atoms with van der Waals surface area (Å²) in [6.45, 7) is 38.3. The molecule has 0 bridgehead atoms. The number of carbonyl (C=O) groups excluding carboxylic acids is 2. The minimum atomic E-state index is -5.02. The van der Waals surface area contributed by atoms with Gasteiger partial charge < -0.3 is 47.9 Å². The predicted octanol–water partition coefficient (Wildman–Crippen LogP) is 27.9. The maximum absolute atomic E-state index is 15.9. The summed E-state index contributed by atoms with van der Waals surface area (Å²) in [6, 6.07) is 39.1. The molecule has 2 aliphatic heterocycles. The Labute approximate surface area is 879 Å². The molecule has 17 atom stereocenters. The summed E-state index contributed by atoms with van der Waals surface area (Å²) in [6.07, 6.45) is 29.7. The number of carbonyl (C=O) groups is 2. The van der Waals surface area contributed by atoms with Crippen molar-refractivity contribution in [2.45, 2.75) is 391 Å². The van der Waals surface area contributed by atoms with Gasteiger partial charge in [-0.05, 0) is 168 Å². The predicted molar refractivity (Wildman–Crippen MR) is 586 cm³/mol. The van der Waals surface area contributed by atoms with Crippen LogP contribution in [0.1, 0.15) is 386 Å². The molecule has 0 aliphatic carbocycles. The van der Waals surface area contributed by atoms with Crippen LogP contribution >= 0.6 is 7.82 Å². The molecule has 2 aromatic heterocycles. The maximum Gasteiger partial charge on any atom is 0.475 e. The maximum atomic E-state index is 15.9. The number of nitrogens with one attached hydrogen (secondary N) is 3. The van der Waals surface area contributed by atoms with Gasteiger partial charge in [0.05, 0.1) is 78.8 Å². The van der Waals surface area contributed by atoms with Crippen LogP contribution in [0.15, 0.2) is 153 Å². The topological polar surface area (TPSA) is 308 Å². The monoisotopic (exact) mass is 2060 g/mol. The van der Waals surface area contributed by atoms with Crippen LogP contribution in [0.2, 0.25) is 0 Å². The van der Waals surface area contributed by atoms with Crippen molar-refractivity contribution in [1.29, 1.82) is 5.26 Å². The van der Waals surface area contributed by atoms with E-state index in [1.807, 2.05) is 127 Å². The molecule has 11 unspecified atom stereocenters. The molecule has 2 saturated heterocycles. The minimum Gasteiger partial charge on any atom is -0.497 e. The summed E-state index contributed by atoms with van der Waals surface area (Å²) in [4.78, 5) is 88.1. The lowest BCUT2D eigenvalue weighted by Gasteiger charge is -2.37. The first-order valence-corrected chi connectivity index (χ1v) is 57.5. The molecule has 0 saturated carbocycles. The Morgan fingerprint density at radius 2 is 0.803 bits per heavy atom. The molecule has 0 radical (unpaired) electrons. The van der Waals surface area contributed by atoms with E-state index in [1.165, 1.54) is 166 Å². The largest absolute Gasteiger partial charge is 0.497 e. The number of esters is 1. The fraction of sp³-hybridized carbons (Fsp3) is 0.661. The molecule has 816 valence electrons. The van der Waals surface area contributed by atoms with Crippen LogP contribution in [0, 0.1) is 96.2 Å². The summed E-state index contributed by atoms with van der Waals surface area (Å²) in [5.41, 5.74) is -0.479. The van der Waals surface area contributed by atoms with E-state index >= 15 is 9.36 Å². The second-order valence-electron chi connectivity index (χ2n) is 44.8. The molecule has 1 amide bonds. The van der Waals surface area contributed by atoms with Crippen molar-refractivity contribution in [1.82, 2.24) is 24.4 Å². The Morgan fingerprint density at radius 3 is 1.19 bits per heavy atom. The van der Waals surface area contributed by atoms with Gasteiger partial charge in [0.1, 0.15) is 54.0 Å². The standard InChI is InChI=1S/C121H183N6O19P/c1-84(2)36-26-39-87(7)42-29-45-90(10)48-32-51-93(13)68-73-137-107-76-99(77-108(138-74-69-94(14)52-33-49-91(11)46-30-43-88(8)40-27-37-85(3)4)116(107)139-75-70-95(15)53-34-50-92(12)47-31-44-89(9)41-28-38-86(5)6)115(98-54-22-20-23-55-98)123-111(128)66-67-114(129)145-105-78-112(126-80-96(16)117(130)124-119(126)132)144-110(105)83-142-147(134,141-72-35-71-122)146-106-79-113(127-81-97(17)118(131)125-120(127)133)143-109(106)82-140-121(100-56-24-21-25-57-100,101-58-62-103(135-18)63-59-101)102-60-64-104(136-19)65-61-102/h20-25,54-65,76-77,80-81,84-95,105-106,109-110,112-113,115H,26-53,66-70,72-75,78-79,82-83H2,1-19H3,(H,123,128)(H,124,130,132)(H,125,131,133)/t87?,88?,89?,90?,91?,92?,93?,94?,95?,105-,106-,109+,110+,112+,113+,115?,147?/m0/s1. The number of ether oxygens (including phenoxy) is 9. The number of aromatic nitrogens is 4. The van der Waals surface area contributed by atoms with Gasteiger partial charge in [-0.25, -0.2) is 14.2 Å². The summed E-state index contributed by atoms with van der Waals surface area (Å²) < 4.78 is 96.7. The molecule has 3 N–H and O–H groups in total. The van der Waals surface area contributed by atoms with Crippen molar-refractivity contribution in [2.24, 2.45) is 71.0 Å². The lowest BCUT2D eigenvalue weighted by atomic mass is 9.80. The van der Waals surface area contributed by atoms with Gasteiger partial charge in [-0.2, -0.15) is 5.26 Å². The summed E-state index contributed by atoms with van der Waals surface area (Å²) in [5, 5.41) is 13.2. The van der Waals surface area contributed by atoms with Gasteiger partial charge in [-0.15, -0.1) is 0 Å². The highest BCUT2D eigenvalue weighted by atomic mass is 31.2. The van der Waals surface area contributed by atoms with Gasteiger partial charge in [-0.1, -0.05) is 362 Å². The van der Waals surface area contributed by atoms with E-state index in [4.69, 9.17) is 56.2 Å². The molecule has 147 heavy (non-hydrogen) atoms.